The van der Waals surface area contributed by atoms with E-state index < -0.39 is 15.8 Å². The second-order valence-electron chi connectivity index (χ2n) is 7.20. The van der Waals surface area contributed by atoms with Gasteiger partial charge in [0.05, 0.1) is 15.9 Å². The Morgan fingerprint density at radius 1 is 1.07 bits per heavy atom. The van der Waals surface area contributed by atoms with Gasteiger partial charge >= 0.3 is 0 Å². The Morgan fingerprint density at radius 2 is 1.80 bits per heavy atom. The van der Waals surface area contributed by atoms with E-state index in [1.54, 1.807) is 4.90 Å². The smallest absolute Gasteiger partial charge is 0.243 e. The summed E-state index contributed by atoms with van der Waals surface area (Å²) in [6, 6.07) is 12.7. The van der Waals surface area contributed by atoms with Gasteiger partial charge in [0.15, 0.2) is 0 Å². The number of nitrogens with zero attached hydrogens (tertiary/aromatic N) is 4. The van der Waals surface area contributed by atoms with Crippen LogP contribution >= 0.6 is 0 Å². The molecule has 0 aliphatic carbocycles. The standard InChI is InChI=1S/C21H23FN4O3S/c1-2-20-23-18-8-3-4-9-19(18)26(20)15-21(27)24-10-12-25(13-11-24)30(28,29)17-7-5-6-16(22)14-17/h3-9,14H,2,10-13,15H2,1H3. The molecule has 0 atom stereocenters. The first-order valence-corrected chi connectivity index (χ1v) is 11.3. The summed E-state index contributed by atoms with van der Waals surface area (Å²) in [7, 11) is -3.78. The zero-order valence-electron chi connectivity index (χ0n) is 16.7. The fourth-order valence-corrected chi connectivity index (χ4v) is 5.22. The van der Waals surface area contributed by atoms with E-state index in [4.69, 9.17) is 0 Å². The van der Waals surface area contributed by atoms with Gasteiger partial charge < -0.3 is 9.47 Å². The maximum absolute atomic E-state index is 13.4. The van der Waals surface area contributed by atoms with Crippen molar-refractivity contribution in [3.63, 3.8) is 0 Å². The van der Waals surface area contributed by atoms with Gasteiger partial charge in [0.1, 0.15) is 18.2 Å². The molecule has 4 rings (SSSR count). The number of hydrogen-bond donors (Lipinski definition) is 0. The number of halogens is 1. The van der Waals surface area contributed by atoms with E-state index in [0.29, 0.717) is 19.5 Å². The van der Waals surface area contributed by atoms with E-state index >= 15 is 0 Å². The first-order valence-electron chi connectivity index (χ1n) is 9.88. The summed E-state index contributed by atoms with van der Waals surface area (Å²) in [4.78, 5) is 19.1. The van der Waals surface area contributed by atoms with Crippen molar-refractivity contribution >= 4 is 27.0 Å². The summed E-state index contributed by atoms with van der Waals surface area (Å²) in [5.74, 6) is 0.178. The molecule has 1 aliphatic heterocycles. The van der Waals surface area contributed by atoms with E-state index in [9.17, 15) is 17.6 Å². The van der Waals surface area contributed by atoms with Crippen molar-refractivity contribution in [3.8, 4) is 0 Å². The quantitative estimate of drug-likeness (QED) is 0.622. The van der Waals surface area contributed by atoms with Crippen molar-refractivity contribution in [3.05, 3.63) is 60.2 Å². The number of carbonyl (C=O) groups is 1. The van der Waals surface area contributed by atoms with Crippen LogP contribution in [0, 0.1) is 5.82 Å². The first-order chi connectivity index (χ1) is 14.4. The molecule has 1 aromatic heterocycles. The van der Waals surface area contributed by atoms with Crippen molar-refractivity contribution in [1.29, 1.82) is 0 Å². The molecule has 9 heteroatoms. The van der Waals surface area contributed by atoms with Crippen molar-refractivity contribution in [2.75, 3.05) is 26.2 Å². The normalized spacial score (nSPS) is 15.6. The van der Waals surface area contributed by atoms with Crippen LogP contribution in [0.1, 0.15) is 12.7 Å². The van der Waals surface area contributed by atoms with Crippen molar-refractivity contribution in [2.24, 2.45) is 0 Å². The Bertz CT molecular complexity index is 1180. The van der Waals surface area contributed by atoms with Gasteiger partial charge in [-0.2, -0.15) is 4.31 Å². The molecular formula is C21H23FN4O3S. The van der Waals surface area contributed by atoms with Gasteiger partial charge in [-0.25, -0.2) is 17.8 Å². The van der Waals surface area contributed by atoms with Gasteiger partial charge in [-0.1, -0.05) is 25.1 Å². The number of hydrogen-bond acceptors (Lipinski definition) is 4. The summed E-state index contributed by atoms with van der Waals surface area (Å²) in [6.45, 7) is 3.10. The molecule has 1 saturated heterocycles. The highest BCUT2D eigenvalue weighted by atomic mass is 32.2. The average Bonchev–Trinajstić information content (AvgIpc) is 3.11. The van der Waals surface area contributed by atoms with Crippen LogP contribution in [-0.4, -0.2) is 59.3 Å². The van der Waals surface area contributed by atoms with E-state index in [1.165, 1.54) is 22.5 Å². The minimum absolute atomic E-state index is 0.0697. The number of imidazole rings is 1. The van der Waals surface area contributed by atoms with Crippen LogP contribution in [-0.2, 0) is 27.8 Å². The lowest BCUT2D eigenvalue weighted by Gasteiger charge is -2.34. The molecule has 158 valence electrons. The van der Waals surface area contributed by atoms with Crippen LogP contribution in [0.2, 0.25) is 0 Å². The molecule has 1 fully saturated rings. The molecule has 7 nitrogen and oxygen atoms in total. The van der Waals surface area contributed by atoms with Crippen molar-refractivity contribution in [1.82, 2.24) is 18.8 Å². The van der Waals surface area contributed by atoms with Gasteiger partial charge in [0, 0.05) is 32.6 Å². The maximum atomic E-state index is 13.4. The average molecular weight is 431 g/mol. The lowest BCUT2D eigenvalue weighted by atomic mass is 10.3. The van der Waals surface area contributed by atoms with Crippen LogP contribution in [0.25, 0.3) is 11.0 Å². The molecule has 0 spiro atoms. The SMILES string of the molecule is CCc1nc2ccccc2n1CC(=O)N1CCN(S(=O)(=O)c2cccc(F)c2)CC1. The highest BCUT2D eigenvalue weighted by Crippen LogP contribution is 2.20. The highest BCUT2D eigenvalue weighted by molar-refractivity contribution is 7.89. The number of aryl methyl sites for hydroxylation is 1. The van der Waals surface area contributed by atoms with Gasteiger partial charge in [-0.15, -0.1) is 0 Å². The summed E-state index contributed by atoms with van der Waals surface area (Å²) >= 11 is 0. The topological polar surface area (TPSA) is 75.5 Å². The Kier molecular flexibility index (Phi) is 5.57. The molecule has 0 bridgehead atoms. The predicted octanol–water partition coefficient (Wildman–Crippen LogP) is 2.27. The Morgan fingerprint density at radius 3 is 2.50 bits per heavy atom. The van der Waals surface area contributed by atoms with Gasteiger partial charge in [-0.3, -0.25) is 4.79 Å². The summed E-state index contributed by atoms with van der Waals surface area (Å²) in [5.41, 5.74) is 1.77. The second-order valence-corrected chi connectivity index (χ2v) is 9.14. The number of sulfonamides is 1. The Hall–Kier alpha value is -2.78. The summed E-state index contributed by atoms with van der Waals surface area (Å²) in [6.07, 6.45) is 0.710. The van der Waals surface area contributed by atoms with E-state index in [0.717, 1.165) is 22.9 Å². The largest absolute Gasteiger partial charge is 0.339 e. The fraction of sp³-hybridized carbons (Fsp3) is 0.333. The van der Waals surface area contributed by atoms with Crippen LogP contribution in [0.15, 0.2) is 53.4 Å². The summed E-state index contributed by atoms with van der Waals surface area (Å²) < 4.78 is 42.2. The number of fused-ring (bicyclic) bond motifs is 1. The minimum Gasteiger partial charge on any atom is -0.339 e. The molecule has 3 aromatic rings. The fourth-order valence-electron chi connectivity index (χ4n) is 3.76. The number of benzene rings is 2. The van der Waals surface area contributed by atoms with Gasteiger partial charge in [0.2, 0.25) is 15.9 Å². The van der Waals surface area contributed by atoms with Crippen molar-refractivity contribution in [2.45, 2.75) is 24.8 Å². The van der Waals surface area contributed by atoms with Gasteiger partial charge in [0.25, 0.3) is 0 Å². The van der Waals surface area contributed by atoms with Crippen molar-refractivity contribution < 1.29 is 17.6 Å². The third-order valence-electron chi connectivity index (χ3n) is 5.37. The van der Waals surface area contributed by atoms with E-state index in [2.05, 4.69) is 4.98 Å². The number of piperazine rings is 1. The molecule has 0 N–H and O–H groups in total. The minimum atomic E-state index is -3.78. The molecule has 0 radical (unpaired) electrons. The Balaban J connectivity index is 1.45. The second kappa shape index (κ2) is 8.16. The first kappa shape index (κ1) is 20.5. The lowest BCUT2D eigenvalue weighted by Crippen LogP contribution is -2.51. The monoisotopic (exact) mass is 430 g/mol. The number of amides is 1. The van der Waals surface area contributed by atoms with Crippen LogP contribution < -0.4 is 0 Å². The number of para-hydroxylation sites is 2. The molecule has 1 amide bonds. The molecule has 0 unspecified atom stereocenters. The van der Waals surface area contributed by atoms with Gasteiger partial charge in [-0.05, 0) is 30.3 Å². The zero-order valence-corrected chi connectivity index (χ0v) is 17.5. The number of rotatable bonds is 5. The number of aromatic nitrogens is 2. The highest BCUT2D eigenvalue weighted by Gasteiger charge is 2.30. The van der Waals surface area contributed by atoms with Crippen LogP contribution in [0.3, 0.4) is 0 Å². The zero-order chi connectivity index (χ0) is 21.3. The Labute approximate surface area is 174 Å². The molecule has 2 heterocycles. The van der Waals surface area contributed by atoms with E-state index in [1.807, 2.05) is 35.8 Å². The lowest BCUT2D eigenvalue weighted by molar-refractivity contribution is -0.133. The molecule has 30 heavy (non-hydrogen) atoms. The molecule has 1 aliphatic rings. The van der Waals surface area contributed by atoms with E-state index in [-0.39, 0.29) is 30.4 Å². The maximum Gasteiger partial charge on any atom is 0.243 e. The van der Waals surface area contributed by atoms with Crippen LogP contribution in [0.4, 0.5) is 4.39 Å². The third-order valence-corrected chi connectivity index (χ3v) is 7.26. The predicted molar refractivity (Wildman–Crippen MR) is 111 cm³/mol. The van der Waals surface area contributed by atoms with Crippen LogP contribution in [0.5, 0.6) is 0 Å². The summed E-state index contributed by atoms with van der Waals surface area (Å²) in [5, 5.41) is 0. The molecular weight excluding hydrogens is 407 g/mol. The molecule has 2 aromatic carbocycles. The number of carbonyl (C=O) groups excluding carboxylic acids is 1. The third kappa shape index (κ3) is 3.82. The molecule has 0 saturated carbocycles.